The second-order valence-corrected chi connectivity index (χ2v) is 10.3. The number of hydrogen-bond acceptors (Lipinski definition) is 4. The summed E-state index contributed by atoms with van der Waals surface area (Å²) in [5, 5.41) is 0. The minimum Gasteiger partial charge on any atom is -0.453 e. The van der Waals surface area contributed by atoms with Crippen molar-refractivity contribution in [3.63, 3.8) is 0 Å². The van der Waals surface area contributed by atoms with Crippen LogP contribution in [0.15, 0.2) is 72.8 Å². The van der Waals surface area contributed by atoms with Gasteiger partial charge in [-0.15, -0.1) is 0 Å². The van der Waals surface area contributed by atoms with Gasteiger partial charge in [0.2, 0.25) is 0 Å². The molecule has 3 atom stereocenters. The molecule has 0 radical (unpaired) electrons. The molecule has 0 aliphatic carbocycles. The lowest BCUT2D eigenvalue weighted by molar-refractivity contribution is 0.0772. The van der Waals surface area contributed by atoms with Crippen molar-refractivity contribution in [1.82, 2.24) is 9.80 Å². The second kappa shape index (κ2) is 9.62. The number of piperidine rings is 1. The maximum atomic E-state index is 13.1. The van der Waals surface area contributed by atoms with Crippen molar-refractivity contribution in [3.05, 3.63) is 83.9 Å². The van der Waals surface area contributed by atoms with Gasteiger partial charge in [-0.2, -0.15) is 0 Å². The Kier molecular flexibility index (Phi) is 6.18. The van der Waals surface area contributed by atoms with Gasteiger partial charge in [0.1, 0.15) is 0 Å². The first-order valence-corrected chi connectivity index (χ1v) is 13.4. The number of amides is 1. The number of anilines is 2. The summed E-state index contributed by atoms with van der Waals surface area (Å²) in [5.41, 5.74) is 4.30. The van der Waals surface area contributed by atoms with E-state index in [4.69, 9.17) is 4.74 Å². The van der Waals surface area contributed by atoms with Gasteiger partial charge in [-0.1, -0.05) is 42.5 Å². The average Bonchev–Trinajstić information content (AvgIpc) is 3.14. The van der Waals surface area contributed by atoms with Crippen molar-refractivity contribution in [2.24, 2.45) is 0 Å². The van der Waals surface area contributed by atoms with Crippen LogP contribution in [0, 0.1) is 0 Å². The first-order chi connectivity index (χ1) is 17.7. The quantitative estimate of drug-likeness (QED) is 0.397. The molecule has 1 amide bonds. The lowest BCUT2D eigenvalue weighted by Gasteiger charge is -2.46. The zero-order valence-corrected chi connectivity index (χ0v) is 21.3. The molecular formula is C31H35N3O2. The van der Waals surface area contributed by atoms with E-state index in [1.54, 1.807) is 0 Å². The van der Waals surface area contributed by atoms with Crippen LogP contribution in [0.1, 0.15) is 55.5 Å². The van der Waals surface area contributed by atoms with Crippen LogP contribution in [-0.2, 0) is 6.54 Å². The molecule has 3 aromatic carbocycles. The number of carbonyl (C=O) groups is 1. The van der Waals surface area contributed by atoms with E-state index < -0.39 is 0 Å². The van der Waals surface area contributed by atoms with E-state index in [0.717, 1.165) is 42.3 Å². The summed E-state index contributed by atoms with van der Waals surface area (Å²) in [5.74, 6) is 1.71. The smallest absolute Gasteiger partial charge is 0.253 e. The summed E-state index contributed by atoms with van der Waals surface area (Å²) < 4.78 is 6.38. The molecular weight excluding hydrogens is 446 g/mol. The van der Waals surface area contributed by atoms with Crippen LogP contribution in [0.25, 0.3) is 0 Å². The Hall–Kier alpha value is -3.31. The maximum absolute atomic E-state index is 13.1. The fourth-order valence-corrected chi connectivity index (χ4v) is 6.51. The first-order valence-electron chi connectivity index (χ1n) is 13.4. The van der Waals surface area contributed by atoms with Gasteiger partial charge in [0.25, 0.3) is 5.91 Å². The molecule has 5 heteroatoms. The highest BCUT2D eigenvalue weighted by Gasteiger charge is 2.44. The van der Waals surface area contributed by atoms with Crippen molar-refractivity contribution in [3.8, 4) is 11.5 Å². The van der Waals surface area contributed by atoms with Crippen LogP contribution in [0.3, 0.4) is 0 Å². The first kappa shape index (κ1) is 23.1. The third-order valence-electron chi connectivity index (χ3n) is 8.29. The van der Waals surface area contributed by atoms with Gasteiger partial charge < -0.3 is 14.5 Å². The Bertz CT molecular complexity index is 1230. The molecule has 3 aliphatic heterocycles. The molecule has 2 fully saturated rings. The summed E-state index contributed by atoms with van der Waals surface area (Å²) in [6.07, 6.45) is 4.81. The fourth-order valence-electron chi connectivity index (χ4n) is 6.51. The standard InChI is InChI=1S/C31H35N3O2/c1-3-32(4-2)31(35)23-14-17-28-30(18-23)36-29-13-9-8-12-27(29)34(28)26-19-24-15-16-25(20-26)33(24)21-22-10-6-5-7-11-22/h5-14,17-18,24-26H,3-4,15-16,19-21H2,1-2H3/t24-,25+,26-. The molecule has 2 saturated heterocycles. The van der Waals surface area contributed by atoms with Crippen LogP contribution in [0.2, 0.25) is 0 Å². The molecule has 5 nitrogen and oxygen atoms in total. The normalized spacial score (nSPS) is 22.5. The van der Waals surface area contributed by atoms with E-state index in [-0.39, 0.29) is 5.91 Å². The van der Waals surface area contributed by atoms with Gasteiger partial charge in [0, 0.05) is 43.3 Å². The topological polar surface area (TPSA) is 36.0 Å². The molecule has 0 N–H and O–H groups in total. The number of nitrogens with zero attached hydrogens (tertiary/aromatic N) is 3. The molecule has 0 unspecified atom stereocenters. The molecule has 2 bridgehead atoms. The van der Waals surface area contributed by atoms with E-state index >= 15 is 0 Å². The van der Waals surface area contributed by atoms with Gasteiger partial charge in [-0.05, 0) is 75.4 Å². The number of para-hydroxylation sites is 2. The SMILES string of the molecule is CCN(CC)C(=O)c1ccc2c(c1)Oc1ccccc1N2[C@@H]1C[C@H]2CC[C@@H](C1)N2Cc1ccccc1. The molecule has 3 aliphatic rings. The molecule has 0 spiro atoms. The van der Waals surface area contributed by atoms with Crippen LogP contribution >= 0.6 is 0 Å². The third-order valence-corrected chi connectivity index (χ3v) is 8.29. The Morgan fingerprint density at radius 2 is 1.50 bits per heavy atom. The highest BCUT2D eigenvalue weighted by molar-refractivity contribution is 5.96. The summed E-state index contributed by atoms with van der Waals surface area (Å²) in [4.78, 5) is 20.2. The molecule has 3 aromatic rings. The summed E-state index contributed by atoms with van der Waals surface area (Å²) in [7, 11) is 0. The number of rotatable bonds is 6. The van der Waals surface area contributed by atoms with Gasteiger partial charge in [-0.3, -0.25) is 9.69 Å². The van der Waals surface area contributed by atoms with Gasteiger partial charge in [0.15, 0.2) is 11.5 Å². The van der Waals surface area contributed by atoms with E-state index in [2.05, 4.69) is 58.3 Å². The average molecular weight is 482 g/mol. The maximum Gasteiger partial charge on any atom is 0.253 e. The number of benzene rings is 3. The monoisotopic (exact) mass is 481 g/mol. The molecule has 186 valence electrons. The van der Waals surface area contributed by atoms with Crippen molar-refractivity contribution in [1.29, 1.82) is 0 Å². The Morgan fingerprint density at radius 3 is 2.22 bits per heavy atom. The molecule has 36 heavy (non-hydrogen) atoms. The zero-order valence-electron chi connectivity index (χ0n) is 21.3. The molecule has 6 rings (SSSR count). The van der Waals surface area contributed by atoms with Crippen LogP contribution in [-0.4, -0.2) is 46.9 Å². The number of hydrogen-bond donors (Lipinski definition) is 0. The number of ether oxygens (including phenoxy) is 1. The van der Waals surface area contributed by atoms with E-state index in [1.807, 2.05) is 43.0 Å². The largest absolute Gasteiger partial charge is 0.453 e. The number of fused-ring (bicyclic) bond motifs is 4. The minimum atomic E-state index is 0.0593. The molecule has 0 saturated carbocycles. The number of carbonyl (C=O) groups excluding carboxylic acids is 1. The predicted molar refractivity (Wildman–Crippen MR) is 144 cm³/mol. The minimum absolute atomic E-state index is 0.0593. The Morgan fingerprint density at radius 1 is 0.833 bits per heavy atom. The van der Waals surface area contributed by atoms with E-state index in [1.165, 1.54) is 18.4 Å². The Balaban J connectivity index is 1.31. The predicted octanol–water partition coefficient (Wildman–Crippen LogP) is 6.61. The summed E-state index contributed by atoms with van der Waals surface area (Å²) in [6.45, 7) is 6.48. The van der Waals surface area contributed by atoms with Crippen molar-refractivity contribution in [2.45, 2.75) is 64.2 Å². The highest BCUT2D eigenvalue weighted by atomic mass is 16.5. The zero-order chi connectivity index (χ0) is 24.6. The van der Waals surface area contributed by atoms with Gasteiger partial charge >= 0.3 is 0 Å². The lowest BCUT2D eigenvalue weighted by Crippen LogP contribution is -2.49. The van der Waals surface area contributed by atoms with Gasteiger partial charge in [0.05, 0.1) is 11.4 Å². The summed E-state index contributed by atoms with van der Waals surface area (Å²) in [6, 6.07) is 26.8. The van der Waals surface area contributed by atoms with E-state index in [0.29, 0.717) is 36.8 Å². The molecule has 3 heterocycles. The van der Waals surface area contributed by atoms with E-state index in [9.17, 15) is 4.79 Å². The highest BCUT2D eigenvalue weighted by Crippen LogP contribution is 2.51. The van der Waals surface area contributed by atoms with Crippen molar-refractivity contribution < 1.29 is 9.53 Å². The van der Waals surface area contributed by atoms with Crippen molar-refractivity contribution >= 4 is 17.3 Å². The van der Waals surface area contributed by atoms with Crippen molar-refractivity contribution in [2.75, 3.05) is 18.0 Å². The fraction of sp³-hybridized carbons (Fsp3) is 0.387. The van der Waals surface area contributed by atoms with Gasteiger partial charge in [-0.25, -0.2) is 0 Å². The third kappa shape index (κ3) is 4.05. The second-order valence-electron chi connectivity index (χ2n) is 10.3. The lowest BCUT2D eigenvalue weighted by atomic mass is 9.93. The Labute approximate surface area is 214 Å². The van der Waals surface area contributed by atoms with Crippen LogP contribution < -0.4 is 9.64 Å². The molecule has 0 aromatic heterocycles. The van der Waals surface area contributed by atoms with Crippen LogP contribution in [0.4, 0.5) is 11.4 Å². The summed E-state index contributed by atoms with van der Waals surface area (Å²) >= 11 is 0. The van der Waals surface area contributed by atoms with Crippen LogP contribution in [0.5, 0.6) is 11.5 Å².